The highest BCUT2D eigenvalue weighted by Gasteiger charge is 2.43. The van der Waals surface area contributed by atoms with Crippen LogP contribution in [0.2, 0.25) is 0 Å². The van der Waals surface area contributed by atoms with E-state index in [0.717, 1.165) is 31.4 Å². The SMILES string of the molecule is Nc1cc(C(=O)N2CCC3(CC2)OCCc2c3[nH]c3ccccc23)[nH]n1. The summed E-state index contributed by atoms with van der Waals surface area (Å²) in [7, 11) is 0. The van der Waals surface area contributed by atoms with Crippen LogP contribution < -0.4 is 5.73 Å². The minimum atomic E-state index is -0.323. The maximum absolute atomic E-state index is 12.6. The first-order valence-electron chi connectivity index (χ1n) is 9.00. The Kier molecular flexibility index (Phi) is 3.33. The number of benzene rings is 1. The third-order valence-electron chi connectivity index (χ3n) is 5.69. The van der Waals surface area contributed by atoms with E-state index in [2.05, 4.69) is 39.4 Å². The molecule has 0 bridgehead atoms. The lowest BCUT2D eigenvalue weighted by molar-refractivity contribution is -0.0957. The first-order chi connectivity index (χ1) is 12.7. The highest BCUT2D eigenvalue weighted by molar-refractivity contribution is 5.93. The molecular weight excluding hydrogens is 330 g/mol. The zero-order chi connectivity index (χ0) is 17.7. The number of H-pyrrole nitrogens is 2. The second kappa shape index (κ2) is 5.60. The van der Waals surface area contributed by atoms with Gasteiger partial charge >= 0.3 is 0 Å². The Morgan fingerprint density at radius 3 is 2.85 bits per heavy atom. The van der Waals surface area contributed by atoms with Gasteiger partial charge in [-0.05, 0) is 30.9 Å². The number of hydrogen-bond donors (Lipinski definition) is 3. The van der Waals surface area contributed by atoms with Crippen molar-refractivity contribution in [2.75, 3.05) is 25.4 Å². The second-order valence-corrected chi connectivity index (χ2v) is 7.12. The van der Waals surface area contributed by atoms with Crippen LogP contribution in [0.4, 0.5) is 5.82 Å². The molecular formula is C19H21N5O2. The summed E-state index contributed by atoms with van der Waals surface area (Å²) in [6.07, 6.45) is 2.49. The van der Waals surface area contributed by atoms with Gasteiger partial charge in [-0.15, -0.1) is 0 Å². The maximum atomic E-state index is 12.6. The molecule has 0 saturated carbocycles. The van der Waals surface area contributed by atoms with Crippen LogP contribution >= 0.6 is 0 Å². The molecule has 2 aromatic heterocycles. The molecule has 2 aliphatic heterocycles. The largest absolute Gasteiger partial charge is 0.382 e. The van der Waals surface area contributed by atoms with Crippen molar-refractivity contribution in [3.63, 3.8) is 0 Å². The van der Waals surface area contributed by atoms with E-state index in [4.69, 9.17) is 10.5 Å². The summed E-state index contributed by atoms with van der Waals surface area (Å²) in [5.74, 6) is 0.275. The summed E-state index contributed by atoms with van der Waals surface area (Å²) < 4.78 is 6.29. The molecule has 7 heteroatoms. The molecule has 1 saturated heterocycles. The Morgan fingerprint density at radius 1 is 1.27 bits per heavy atom. The summed E-state index contributed by atoms with van der Waals surface area (Å²) in [5, 5.41) is 7.84. The van der Waals surface area contributed by atoms with Gasteiger partial charge in [-0.2, -0.15) is 5.10 Å². The molecule has 1 amide bonds. The van der Waals surface area contributed by atoms with E-state index >= 15 is 0 Å². The normalized spacial score (nSPS) is 19.0. The minimum absolute atomic E-state index is 0.0586. The summed E-state index contributed by atoms with van der Waals surface area (Å²) in [6.45, 7) is 2.01. The lowest BCUT2D eigenvalue weighted by Crippen LogP contribution is -2.48. The number of nitrogen functional groups attached to an aromatic ring is 1. The number of hydrogen-bond acceptors (Lipinski definition) is 4. The van der Waals surface area contributed by atoms with Crippen molar-refractivity contribution in [2.24, 2.45) is 0 Å². The number of rotatable bonds is 1. The van der Waals surface area contributed by atoms with E-state index in [1.54, 1.807) is 6.07 Å². The number of anilines is 1. The predicted molar refractivity (Wildman–Crippen MR) is 97.8 cm³/mol. The number of ether oxygens (including phenoxy) is 1. The molecule has 1 spiro atoms. The summed E-state index contributed by atoms with van der Waals surface area (Å²) in [4.78, 5) is 18.1. The van der Waals surface area contributed by atoms with Gasteiger partial charge in [-0.1, -0.05) is 18.2 Å². The van der Waals surface area contributed by atoms with E-state index in [-0.39, 0.29) is 11.5 Å². The molecule has 7 nitrogen and oxygen atoms in total. The smallest absolute Gasteiger partial charge is 0.271 e. The van der Waals surface area contributed by atoms with Crippen LogP contribution in [-0.4, -0.2) is 45.7 Å². The average Bonchev–Trinajstić information content (AvgIpc) is 3.27. The highest BCUT2D eigenvalue weighted by Crippen LogP contribution is 2.43. The quantitative estimate of drug-likeness (QED) is 0.625. The zero-order valence-electron chi connectivity index (χ0n) is 14.4. The number of likely N-dealkylation sites (tertiary alicyclic amines) is 1. The number of aromatic nitrogens is 3. The van der Waals surface area contributed by atoms with Crippen molar-refractivity contribution in [3.8, 4) is 0 Å². The van der Waals surface area contributed by atoms with Gasteiger partial charge in [-0.25, -0.2) is 0 Å². The number of fused-ring (bicyclic) bond motifs is 4. The van der Waals surface area contributed by atoms with Gasteiger partial charge in [0.2, 0.25) is 0 Å². The molecule has 0 atom stereocenters. The molecule has 1 fully saturated rings. The van der Waals surface area contributed by atoms with Gasteiger partial charge in [0.05, 0.1) is 12.3 Å². The molecule has 2 aliphatic rings. The first kappa shape index (κ1) is 15.5. The van der Waals surface area contributed by atoms with E-state index in [9.17, 15) is 4.79 Å². The molecule has 26 heavy (non-hydrogen) atoms. The van der Waals surface area contributed by atoms with E-state index < -0.39 is 0 Å². The van der Waals surface area contributed by atoms with E-state index in [1.807, 2.05) is 4.90 Å². The topological polar surface area (TPSA) is 100 Å². The third-order valence-corrected chi connectivity index (χ3v) is 5.69. The fourth-order valence-corrected chi connectivity index (χ4v) is 4.35. The van der Waals surface area contributed by atoms with Gasteiger partial charge < -0.3 is 20.4 Å². The van der Waals surface area contributed by atoms with Crippen molar-refractivity contribution in [1.82, 2.24) is 20.1 Å². The second-order valence-electron chi connectivity index (χ2n) is 7.12. The Hall–Kier alpha value is -2.80. The van der Waals surface area contributed by atoms with Crippen LogP contribution in [0.15, 0.2) is 30.3 Å². The van der Waals surface area contributed by atoms with Crippen LogP contribution in [0.3, 0.4) is 0 Å². The Bertz CT molecular complexity index is 981. The van der Waals surface area contributed by atoms with E-state index in [1.165, 1.54) is 16.6 Å². The monoisotopic (exact) mass is 351 g/mol. The molecule has 0 unspecified atom stereocenters. The molecule has 0 aliphatic carbocycles. The Balaban J connectivity index is 1.42. The number of aromatic amines is 2. The van der Waals surface area contributed by atoms with Crippen molar-refractivity contribution < 1.29 is 9.53 Å². The number of nitrogens with two attached hydrogens (primary N) is 1. The molecule has 5 rings (SSSR count). The van der Waals surface area contributed by atoms with Crippen molar-refractivity contribution >= 4 is 22.6 Å². The van der Waals surface area contributed by atoms with Gasteiger partial charge in [0.25, 0.3) is 5.91 Å². The van der Waals surface area contributed by atoms with Crippen LogP contribution in [0, 0.1) is 0 Å². The Morgan fingerprint density at radius 2 is 2.08 bits per heavy atom. The zero-order valence-corrected chi connectivity index (χ0v) is 14.4. The van der Waals surface area contributed by atoms with Crippen molar-refractivity contribution in [1.29, 1.82) is 0 Å². The minimum Gasteiger partial charge on any atom is -0.382 e. The van der Waals surface area contributed by atoms with Gasteiger partial charge in [0, 0.05) is 30.1 Å². The lowest BCUT2D eigenvalue weighted by Gasteiger charge is -2.43. The molecule has 3 aromatic rings. The summed E-state index contributed by atoms with van der Waals surface area (Å²) >= 11 is 0. The standard InChI is InChI=1S/C19H21N5O2/c20-16-11-15(22-23-16)18(25)24-8-6-19(7-9-24)17-13(5-10-26-19)12-3-1-2-4-14(12)21-17/h1-4,11,21H,5-10H2,(H3,20,22,23). The van der Waals surface area contributed by atoms with Gasteiger partial charge in [0.15, 0.2) is 0 Å². The fourth-order valence-electron chi connectivity index (χ4n) is 4.35. The summed E-state index contributed by atoms with van der Waals surface area (Å²) in [5.41, 5.74) is 9.45. The lowest BCUT2D eigenvalue weighted by atomic mass is 9.83. The molecule has 0 radical (unpaired) electrons. The number of nitrogens with zero attached hydrogens (tertiary/aromatic N) is 2. The highest BCUT2D eigenvalue weighted by atomic mass is 16.5. The van der Waals surface area contributed by atoms with Crippen LogP contribution in [-0.2, 0) is 16.8 Å². The third kappa shape index (κ3) is 2.24. The van der Waals surface area contributed by atoms with Crippen LogP contribution in [0.1, 0.15) is 34.6 Å². The predicted octanol–water partition coefficient (Wildman–Crippen LogP) is 2.18. The van der Waals surface area contributed by atoms with Crippen LogP contribution in [0.5, 0.6) is 0 Å². The Labute approximate surface area is 150 Å². The maximum Gasteiger partial charge on any atom is 0.271 e. The molecule has 1 aromatic carbocycles. The number of carbonyl (C=O) groups is 1. The molecule has 4 N–H and O–H groups in total. The van der Waals surface area contributed by atoms with Gasteiger partial charge in [0.1, 0.15) is 17.1 Å². The summed E-state index contributed by atoms with van der Waals surface area (Å²) in [6, 6.07) is 10.00. The van der Waals surface area contributed by atoms with E-state index in [0.29, 0.717) is 24.6 Å². The number of piperidine rings is 1. The fraction of sp³-hybridized carbons (Fsp3) is 0.368. The molecule has 4 heterocycles. The number of para-hydroxylation sites is 1. The first-order valence-corrected chi connectivity index (χ1v) is 9.00. The molecule has 134 valence electrons. The number of amides is 1. The van der Waals surface area contributed by atoms with Crippen LogP contribution in [0.25, 0.3) is 10.9 Å². The van der Waals surface area contributed by atoms with Gasteiger partial charge in [-0.3, -0.25) is 9.89 Å². The number of carbonyl (C=O) groups excluding carboxylic acids is 1. The van der Waals surface area contributed by atoms with Crippen molar-refractivity contribution in [3.05, 3.63) is 47.3 Å². The average molecular weight is 351 g/mol. The number of nitrogens with one attached hydrogen (secondary N) is 2. The van der Waals surface area contributed by atoms with Crippen molar-refractivity contribution in [2.45, 2.75) is 24.9 Å².